The number of benzene rings is 2. The van der Waals surface area contributed by atoms with E-state index in [0.717, 1.165) is 16.7 Å². The van der Waals surface area contributed by atoms with Gasteiger partial charge in [0, 0.05) is 16.8 Å². The van der Waals surface area contributed by atoms with Gasteiger partial charge in [0.05, 0.1) is 6.07 Å². The summed E-state index contributed by atoms with van der Waals surface area (Å²) in [4.78, 5) is 14.5. The normalized spacial score (nSPS) is 19.6. The number of hydrogen-bond acceptors (Lipinski definition) is 2. The van der Waals surface area contributed by atoms with Crippen LogP contribution in [0.5, 0.6) is 0 Å². The predicted octanol–water partition coefficient (Wildman–Crippen LogP) is 4.23. The molecule has 3 rings (SSSR count). The molecule has 0 saturated heterocycles. The lowest BCUT2D eigenvalue weighted by molar-refractivity contribution is 0.0983. The third kappa shape index (κ3) is 2.04. The zero-order chi connectivity index (χ0) is 16.8. The van der Waals surface area contributed by atoms with Gasteiger partial charge in [-0.2, -0.15) is 5.26 Å². The summed E-state index contributed by atoms with van der Waals surface area (Å²) in [5, 5.41) is 9.91. The van der Waals surface area contributed by atoms with Crippen LogP contribution in [0.3, 0.4) is 0 Å². The molecule has 0 spiro atoms. The van der Waals surface area contributed by atoms with Crippen LogP contribution < -0.4 is 4.90 Å². The van der Waals surface area contributed by atoms with Crippen LogP contribution >= 0.6 is 0 Å². The number of carbonyl (C=O) groups is 1. The average Bonchev–Trinajstić information content (AvgIpc) is 2.78. The highest BCUT2D eigenvalue weighted by Gasteiger charge is 2.50. The number of nitrogens with zero attached hydrogens (tertiary/aromatic N) is 2. The molecular weight excluding hydrogens is 291 g/mol. The second-order valence-electron chi connectivity index (χ2n) is 5.92. The first-order valence-electron chi connectivity index (χ1n) is 7.57. The van der Waals surface area contributed by atoms with Gasteiger partial charge in [-0.25, -0.2) is 4.39 Å². The van der Waals surface area contributed by atoms with Crippen LogP contribution in [0, 0.1) is 31.0 Å². The van der Waals surface area contributed by atoms with E-state index in [2.05, 4.69) is 6.07 Å². The van der Waals surface area contributed by atoms with E-state index in [1.54, 1.807) is 12.1 Å². The smallest absolute Gasteiger partial charge is 0.260 e. The molecule has 2 aromatic carbocycles. The monoisotopic (exact) mass is 308 g/mol. The Hall–Kier alpha value is -2.67. The fourth-order valence-electron chi connectivity index (χ4n) is 3.22. The Morgan fingerprint density at radius 3 is 2.35 bits per heavy atom. The van der Waals surface area contributed by atoms with Crippen molar-refractivity contribution in [3.63, 3.8) is 0 Å². The number of hydrogen-bond donors (Lipinski definition) is 0. The number of fused-ring (bicyclic) bond motifs is 1. The maximum Gasteiger partial charge on any atom is 0.260 e. The van der Waals surface area contributed by atoms with Crippen molar-refractivity contribution in [2.45, 2.75) is 32.7 Å². The molecule has 0 aromatic heterocycles. The SMILES string of the molecule is CCC1(C#N)c2cc(C)c(C)cc2C(=O)N1c1ccc(F)cc1. The van der Waals surface area contributed by atoms with Gasteiger partial charge >= 0.3 is 0 Å². The van der Waals surface area contributed by atoms with Gasteiger partial charge in [0.2, 0.25) is 0 Å². The third-order valence-electron chi connectivity index (χ3n) is 4.68. The fourth-order valence-corrected chi connectivity index (χ4v) is 3.22. The number of anilines is 1. The Labute approximate surface area is 135 Å². The standard InChI is InChI=1S/C19H17FN2O/c1-4-19(11-21)17-10-13(3)12(2)9-16(17)18(23)22(19)15-7-5-14(20)6-8-15/h5-10H,4H2,1-3H3. The molecule has 1 heterocycles. The molecule has 4 heteroatoms. The highest BCUT2D eigenvalue weighted by atomic mass is 19.1. The Kier molecular flexibility index (Phi) is 3.45. The number of rotatable bonds is 2. The van der Waals surface area contributed by atoms with E-state index in [1.807, 2.05) is 32.9 Å². The predicted molar refractivity (Wildman–Crippen MR) is 86.7 cm³/mol. The molecule has 0 aliphatic carbocycles. The van der Waals surface area contributed by atoms with Crippen molar-refractivity contribution < 1.29 is 9.18 Å². The highest BCUT2D eigenvalue weighted by molar-refractivity contribution is 6.13. The van der Waals surface area contributed by atoms with Crippen LogP contribution in [-0.4, -0.2) is 5.91 Å². The Morgan fingerprint density at radius 2 is 1.78 bits per heavy atom. The summed E-state index contributed by atoms with van der Waals surface area (Å²) in [6.07, 6.45) is 0.460. The molecule has 1 aliphatic heterocycles. The molecule has 3 nitrogen and oxygen atoms in total. The first-order chi connectivity index (χ1) is 10.9. The first kappa shape index (κ1) is 15.2. The van der Waals surface area contributed by atoms with Crippen molar-refractivity contribution in [2.24, 2.45) is 0 Å². The fraction of sp³-hybridized carbons (Fsp3) is 0.263. The minimum Gasteiger partial charge on any atom is -0.285 e. The molecule has 23 heavy (non-hydrogen) atoms. The molecule has 0 fully saturated rings. The topological polar surface area (TPSA) is 44.1 Å². The lowest BCUT2D eigenvalue weighted by Crippen LogP contribution is -2.42. The van der Waals surface area contributed by atoms with Crippen molar-refractivity contribution in [3.8, 4) is 6.07 Å². The summed E-state index contributed by atoms with van der Waals surface area (Å²) in [6.45, 7) is 5.80. The van der Waals surface area contributed by atoms with E-state index in [0.29, 0.717) is 17.7 Å². The van der Waals surface area contributed by atoms with Gasteiger partial charge in [-0.1, -0.05) is 13.0 Å². The molecule has 1 aliphatic rings. The summed E-state index contributed by atoms with van der Waals surface area (Å²) >= 11 is 0. The number of halogens is 1. The molecule has 116 valence electrons. The molecule has 0 saturated carbocycles. The van der Waals surface area contributed by atoms with Gasteiger partial charge in [0.1, 0.15) is 5.82 Å². The van der Waals surface area contributed by atoms with Crippen LogP contribution in [0.2, 0.25) is 0 Å². The number of nitriles is 1. The number of amides is 1. The van der Waals surface area contributed by atoms with Gasteiger partial charge in [0.15, 0.2) is 5.54 Å². The van der Waals surface area contributed by atoms with Gasteiger partial charge in [-0.15, -0.1) is 0 Å². The molecule has 1 unspecified atom stereocenters. The van der Waals surface area contributed by atoms with Crippen LogP contribution in [0.15, 0.2) is 36.4 Å². The number of carbonyl (C=O) groups excluding carboxylic acids is 1. The van der Waals surface area contributed by atoms with E-state index in [-0.39, 0.29) is 11.7 Å². The van der Waals surface area contributed by atoms with Crippen LogP contribution in [0.1, 0.15) is 40.4 Å². The minimum atomic E-state index is -1.05. The average molecular weight is 308 g/mol. The quantitative estimate of drug-likeness (QED) is 0.833. The molecular formula is C19H17FN2O. The van der Waals surface area contributed by atoms with Crippen LogP contribution in [0.25, 0.3) is 0 Å². The lowest BCUT2D eigenvalue weighted by atomic mass is 9.86. The summed E-state index contributed by atoms with van der Waals surface area (Å²) in [5.41, 5.74) is 2.83. The Bertz CT molecular complexity index is 836. The van der Waals surface area contributed by atoms with E-state index < -0.39 is 5.54 Å². The second kappa shape index (κ2) is 5.20. The largest absolute Gasteiger partial charge is 0.285 e. The van der Waals surface area contributed by atoms with E-state index in [1.165, 1.54) is 17.0 Å². The van der Waals surface area contributed by atoms with Gasteiger partial charge in [-0.3, -0.25) is 9.69 Å². The van der Waals surface area contributed by atoms with Gasteiger partial charge < -0.3 is 0 Å². The van der Waals surface area contributed by atoms with E-state index in [4.69, 9.17) is 0 Å². The molecule has 0 radical (unpaired) electrons. The summed E-state index contributed by atoms with van der Waals surface area (Å²) in [7, 11) is 0. The van der Waals surface area contributed by atoms with Gasteiger partial charge in [0.25, 0.3) is 5.91 Å². The third-order valence-corrected chi connectivity index (χ3v) is 4.68. The first-order valence-corrected chi connectivity index (χ1v) is 7.57. The summed E-state index contributed by atoms with van der Waals surface area (Å²) in [6, 6.07) is 11.8. The van der Waals surface area contributed by atoms with Crippen molar-refractivity contribution in [1.29, 1.82) is 5.26 Å². The second-order valence-corrected chi connectivity index (χ2v) is 5.92. The molecule has 1 amide bonds. The van der Waals surface area contributed by atoms with E-state index in [9.17, 15) is 14.4 Å². The maximum atomic E-state index is 13.2. The zero-order valence-corrected chi connectivity index (χ0v) is 13.4. The molecule has 0 bridgehead atoms. The van der Waals surface area contributed by atoms with Gasteiger partial charge in [-0.05, 0) is 61.7 Å². The van der Waals surface area contributed by atoms with Crippen LogP contribution in [0.4, 0.5) is 10.1 Å². The van der Waals surface area contributed by atoms with Crippen molar-refractivity contribution in [3.05, 3.63) is 64.5 Å². The van der Waals surface area contributed by atoms with Crippen LogP contribution in [-0.2, 0) is 5.54 Å². The minimum absolute atomic E-state index is 0.210. The van der Waals surface area contributed by atoms with Crippen molar-refractivity contribution in [1.82, 2.24) is 0 Å². The lowest BCUT2D eigenvalue weighted by Gasteiger charge is -2.32. The zero-order valence-electron chi connectivity index (χ0n) is 13.4. The highest BCUT2D eigenvalue weighted by Crippen LogP contribution is 2.45. The van der Waals surface area contributed by atoms with Crippen molar-refractivity contribution >= 4 is 11.6 Å². The molecule has 1 atom stereocenters. The summed E-state index contributed by atoms with van der Waals surface area (Å²) < 4.78 is 13.2. The Morgan fingerprint density at radius 1 is 1.17 bits per heavy atom. The van der Waals surface area contributed by atoms with Crippen molar-refractivity contribution in [2.75, 3.05) is 4.90 Å². The molecule has 2 aromatic rings. The maximum absolute atomic E-state index is 13.2. The summed E-state index contributed by atoms with van der Waals surface area (Å²) in [5.74, 6) is -0.582. The molecule has 0 N–H and O–H groups in total. The number of aryl methyl sites for hydroxylation is 2. The van der Waals surface area contributed by atoms with E-state index >= 15 is 0 Å². The Balaban J connectivity index is 2.27.